The molecule has 0 aliphatic carbocycles. The Morgan fingerprint density at radius 1 is 0.549 bits per heavy atom. The Morgan fingerprint density at radius 2 is 1.02 bits per heavy atom. The van der Waals surface area contributed by atoms with E-state index in [4.69, 9.17) is 0 Å². The molecule has 0 bridgehead atoms. The van der Waals surface area contributed by atoms with Gasteiger partial charge in [-0.2, -0.15) is 0 Å². The van der Waals surface area contributed by atoms with Crippen molar-refractivity contribution in [2.75, 3.05) is 0 Å². The van der Waals surface area contributed by atoms with E-state index in [0.29, 0.717) is 12.3 Å². The van der Waals surface area contributed by atoms with Gasteiger partial charge < -0.3 is 0 Å². The Kier molecular flexibility index (Phi) is 12.8. The molecule has 0 spiro atoms. The predicted octanol–water partition coefficient (Wildman–Crippen LogP) is 12.3. The quantitative estimate of drug-likeness (QED) is 0.137. The fourth-order valence-corrected chi connectivity index (χ4v) is 9.54. The molecule has 286 valence electrons. The molecular formula is C47H75O3P. The van der Waals surface area contributed by atoms with Crippen molar-refractivity contribution in [1.29, 1.82) is 0 Å². The Hall–Kier alpha value is -2.03. The molecule has 3 aromatic carbocycles. The molecule has 1 atom stereocenters. The van der Waals surface area contributed by atoms with E-state index in [-0.39, 0.29) is 32.3 Å². The zero-order valence-corrected chi connectivity index (χ0v) is 36.4. The molecular weight excluding hydrogens is 643 g/mol. The van der Waals surface area contributed by atoms with Crippen molar-refractivity contribution in [2.45, 2.75) is 177 Å². The summed E-state index contributed by atoms with van der Waals surface area (Å²) in [6, 6.07) is 18.7. The number of hydrogen-bond acceptors (Lipinski definition) is 3. The Balaban J connectivity index is 2.48. The van der Waals surface area contributed by atoms with E-state index in [9.17, 15) is 14.7 Å². The molecule has 0 saturated heterocycles. The van der Waals surface area contributed by atoms with Gasteiger partial charge in [-0.3, -0.25) is 0 Å². The van der Waals surface area contributed by atoms with Crippen LogP contribution < -0.4 is 10.6 Å². The van der Waals surface area contributed by atoms with E-state index in [1.165, 1.54) is 11.1 Å². The average Bonchev–Trinajstić information content (AvgIpc) is 3.06. The maximum atomic E-state index is 12.8. The normalized spacial score (nSPS) is 15.1. The van der Waals surface area contributed by atoms with E-state index < -0.39 is 12.7 Å². The van der Waals surface area contributed by atoms with Crippen LogP contribution in [-0.4, -0.2) is 14.7 Å². The van der Waals surface area contributed by atoms with Crippen LogP contribution in [0, 0.1) is 11.3 Å². The standard InChI is InChI=1S/C47H75O3P/c1-17-44(9,10)34-27-29-37(39(31-34)46(13,14)19-3)36-24-22-26-41(38(36)25-21-23-33(5)43(6,7)8)51(48,49,50)42-30-28-35(45(11,12)18-2)32-40(42)47(15,16)20-4/h22,24,26-33,48-50H,17-21,23,25H2,1-16H3. The molecule has 51 heavy (non-hydrogen) atoms. The van der Waals surface area contributed by atoms with Crippen molar-refractivity contribution in [3.05, 3.63) is 82.4 Å². The molecule has 0 aliphatic rings. The van der Waals surface area contributed by atoms with Crippen molar-refractivity contribution >= 4 is 17.9 Å². The van der Waals surface area contributed by atoms with Gasteiger partial charge in [0, 0.05) is 0 Å². The van der Waals surface area contributed by atoms with Gasteiger partial charge in [-0.15, -0.1) is 0 Å². The van der Waals surface area contributed by atoms with Crippen molar-refractivity contribution < 1.29 is 14.7 Å². The first-order chi connectivity index (χ1) is 23.2. The Morgan fingerprint density at radius 3 is 1.51 bits per heavy atom. The first-order valence-corrected chi connectivity index (χ1v) is 22.0. The summed E-state index contributed by atoms with van der Waals surface area (Å²) in [5.41, 5.74) is 7.06. The summed E-state index contributed by atoms with van der Waals surface area (Å²) in [4.78, 5) is 38.4. The monoisotopic (exact) mass is 719 g/mol. The fourth-order valence-electron chi connectivity index (χ4n) is 7.03. The van der Waals surface area contributed by atoms with Crippen LogP contribution >= 0.6 is 7.28 Å². The van der Waals surface area contributed by atoms with Gasteiger partial charge in [0.2, 0.25) is 0 Å². The van der Waals surface area contributed by atoms with Crippen molar-refractivity contribution in [3.8, 4) is 11.1 Å². The van der Waals surface area contributed by atoms with Gasteiger partial charge in [-0.05, 0) is 0 Å². The summed E-state index contributed by atoms with van der Waals surface area (Å²) in [6.07, 6.45) is 6.24. The van der Waals surface area contributed by atoms with E-state index in [1.54, 1.807) is 6.07 Å². The second-order valence-corrected chi connectivity index (χ2v) is 22.3. The van der Waals surface area contributed by atoms with E-state index in [2.05, 4.69) is 141 Å². The molecule has 0 heterocycles. The van der Waals surface area contributed by atoms with E-state index >= 15 is 0 Å². The van der Waals surface area contributed by atoms with Crippen LogP contribution in [0.4, 0.5) is 0 Å². The van der Waals surface area contributed by atoms with E-state index in [1.807, 2.05) is 18.2 Å². The van der Waals surface area contributed by atoms with Gasteiger partial charge >= 0.3 is 315 Å². The third-order valence-electron chi connectivity index (χ3n) is 13.4. The number of benzene rings is 3. The molecule has 0 saturated carbocycles. The number of hydrogen-bond donors (Lipinski definition) is 3. The van der Waals surface area contributed by atoms with Crippen LogP contribution in [-0.2, 0) is 28.1 Å². The molecule has 3 rings (SSSR count). The van der Waals surface area contributed by atoms with E-state index in [0.717, 1.165) is 66.3 Å². The van der Waals surface area contributed by atoms with Crippen LogP contribution in [0.1, 0.15) is 177 Å². The second-order valence-electron chi connectivity index (χ2n) is 19.4. The summed E-state index contributed by atoms with van der Waals surface area (Å²) < 4.78 is 0. The summed E-state index contributed by atoms with van der Waals surface area (Å²) in [5, 5.41) is 0.537. The van der Waals surface area contributed by atoms with Gasteiger partial charge in [0.1, 0.15) is 0 Å². The van der Waals surface area contributed by atoms with Gasteiger partial charge in [-0.1, -0.05) is 0 Å². The zero-order valence-electron chi connectivity index (χ0n) is 35.5. The van der Waals surface area contributed by atoms with Crippen LogP contribution in [0.3, 0.4) is 0 Å². The molecule has 3 N–H and O–H groups in total. The molecule has 0 amide bonds. The molecule has 1 unspecified atom stereocenters. The SMILES string of the molecule is CCC(C)(C)c1ccc(-c2cccc(P(O)(O)(O)c3ccc(C(C)(C)CC)cc3C(C)(C)CC)c2CCCC(C)C(C)(C)C)c(C(C)(C)CC)c1. The summed E-state index contributed by atoms with van der Waals surface area (Å²) in [5.74, 6) is 0.484. The summed E-state index contributed by atoms with van der Waals surface area (Å²) >= 11 is 0. The summed E-state index contributed by atoms with van der Waals surface area (Å²) in [6.45, 7) is 36.0. The Bertz CT molecular complexity index is 1660. The van der Waals surface area contributed by atoms with Crippen LogP contribution in [0.2, 0.25) is 0 Å². The predicted molar refractivity (Wildman–Crippen MR) is 226 cm³/mol. The van der Waals surface area contributed by atoms with Crippen LogP contribution in [0.5, 0.6) is 0 Å². The minimum atomic E-state index is -5.68. The fraction of sp³-hybridized carbons (Fsp3) is 0.617. The van der Waals surface area contributed by atoms with Crippen molar-refractivity contribution in [2.24, 2.45) is 11.3 Å². The molecule has 3 aromatic rings. The molecule has 0 radical (unpaired) electrons. The third kappa shape index (κ3) is 9.03. The second kappa shape index (κ2) is 15.0. The molecule has 4 heteroatoms. The maximum absolute atomic E-state index is 12.8. The van der Waals surface area contributed by atoms with Gasteiger partial charge in [0.25, 0.3) is 0 Å². The zero-order chi connectivity index (χ0) is 39.0. The molecule has 0 fully saturated rings. The van der Waals surface area contributed by atoms with Crippen LogP contribution in [0.25, 0.3) is 11.1 Å². The molecule has 0 aliphatic heterocycles. The summed E-state index contributed by atoms with van der Waals surface area (Å²) in [7, 11) is -5.68. The van der Waals surface area contributed by atoms with Gasteiger partial charge in [0.15, 0.2) is 0 Å². The topological polar surface area (TPSA) is 60.7 Å². The Labute approximate surface area is 313 Å². The van der Waals surface area contributed by atoms with Gasteiger partial charge in [-0.25, -0.2) is 0 Å². The molecule has 0 aromatic heterocycles. The van der Waals surface area contributed by atoms with Gasteiger partial charge in [0.05, 0.1) is 0 Å². The minimum absolute atomic E-state index is 0.0267. The van der Waals surface area contributed by atoms with Crippen molar-refractivity contribution in [3.63, 3.8) is 0 Å². The first kappa shape index (κ1) is 43.4. The third-order valence-corrected chi connectivity index (χ3v) is 16.0. The van der Waals surface area contributed by atoms with Crippen molar-refractivity contribution in [1.82, 2.24) is 0 Å². The van der Waals surface area contributed by atoms with Crippen LogP contribution in [0.15, 0.2) is 54.6 Å². The number of rotatable bonds is 15. The first-order valence-electron chi connectivity index (χ1n) is 19.9. The average molecular weight is 719 g/mol. The molecule has 3 nitrogen and oxygen atoms in total.